The van der Waals surface area contributed by atoms with Crippen LogP contribution < -0.4 is 10.1 Å². The van der Waals surface area contributed by atoms with Crippen LogP contribution in [-0.2, 0) is 11.3 Å². The molecule has 1 N–H and O–H groups in total. The average Bonchev–Trinajstić information content (AvgIpc) is 3.12. The van der Waals surface area contributed by atoms with Gasteiger partial charge in [0.05, 0.1) is 19.9 Å². The smallest absolute Gasteiger partial charge is 0.276 e. The number of benzene rings is 1. The van der Waals surface area contributed by atoms with E-state index < -0.39 is 0 Å². The molecule has 2 heterocycles. The van der Waals surface area contributed by atoms with Crippen molar-refractivity contribution in [3.63, 3.8) is 0 Å². The Kier molecular flexibility index (Phi) is 3.93. The Morgan fingerprint density at radius 1 is 1.36 bits per heavy atom. The fourth-order valence-corrected chi connectivity index (χ4v) is 2.43. The molecule has 0 saturated carbocycles. The van der Waals surface area contributed by atoms with Gasteiger partial charge in [-0.25, -0.2) is 0 Å². The zero-order chi connectivity index (χ0) is 15.5. The maximum atomic E-state index is 12.4. The van der Waals surface area contributed by atoms with Gasteiger partial charge in [-0.1, -0.05) is 12.1 Å². The van der Waals surface area contributed by atoms with Crippen LogP contribution in [0.1, 0.15) is 11.3 Å². The fourth-order valence-electron chi connectivity index (χ4n) is 2.17. The largest absolute Gasteiger partial charge is 0.497 e. The van der Waals surface area contributed by atoms with Gasteiger partial charge in [0.15, 0.2) is 5.11 Å². The minimum Gasteiger partial charge on any atom is -0.497 e. The second-order valence-corrected chi connectivity index (χ2v) is 5.12. The molecule has 6 heteroatoms. The van der Waals surface area contributed by atoms with Crippen molar-refractivity contribution in [2.24, 2.45) is 0 Å². The molecule has 1 aromatic carbocycles. The monoisotopic (exact) mass is 314 g/mol. The minimum atomic E-state index is -0.177. The highest BCUT2D eigenvalue weighted by molar-refractivity contribution is 7.80. The quantitative estimate of drug-likeness (QED) is 0.694. The van der Waals surface area contributed by atoms with Gasteiger partial charge in [-0.15, -0.1) is 0 Å². The van der Waals surface area contributed by atoms with Crippen molar-refractivity contribution in [1.82, 2.24) is 10.2 Å². The van der Waals surface area contributed by atoms with Crippen molar-refractivity contribution in [2.75, 3.05) is 7.11 Å². The molecule has 0 spiro atoms. The molecular formula is C16H14N2O3S. The lowest BCUT2D eigenvalue weighted by molar-refractivity contribution is -0.122. The molecule has 1 fully saturated rings. The lowest BCUT2D eigenvalue weighted by Crippen LogP contribution is -2.29. The molecule has 0 bridgehead atoms. The van der Waals surface area contributed by atoms with Gasteiger partial charge in [0.1, 0.15) is 17.2 Å². The van der Waals surface area contributed by atoms with Gasteiger partial charge in [0, 0.05) is 0 Å². The Labute approximate surface area is 133 Å². The Morgan fingerprint density at radius 2 is 2.23 bits per heavy atom. The number of methoxy groups -OCH3 is 1. The third-order valence-corrected chi connectivity index (χ3v) is 3.58. The van der Waals surface area contributed by atoms with E-state index in [-0.39, 0.29) is 5.91 Å². The summed E-state index contributed by atoms with van der Waals surface area (Å²) < 4.78 is 10.4. The normalized spacial score (nSPS) is 16.2. The van der Waals surface area contributed by atoms with Crippen molar-refractivity contribution >= 4 is 29.3 Å². The third kappa shape index (κ3) is 2.87. The van der Waals surface area contributed by atoms with Crippen molar-refractivity contribution < 1.29 is 13.9 Å². The molecule has 0 unspecified atom stereocenters. The predicted molar refractivity (Wildman–Crippen MR) is 86.0 cm³/mol. The maximum Gasteiger partial charge on any atom is 0.276 e. The molecule has 112 valence electrons. The highest BCUT2D eigenvalue weighted by Gasteiger charge is 2.31. The summed E-state index contributed by atoms with van der Waals surface area (Å²) in [6.07, 6.45) is 3.32. The first-order valence-corrected chi connectivity index (χ1v) is 7.09. The molecule has 22 heavy (non-hydrogen) atoms. The predicted octanol–water partition coefficient (Wildman–Crippen LogP) is 2.55. The summed E-state index contributed by atoms with van der Waals surface area (Å²) in [4.78, 5) is 13.9. The highest BCUT2D eigenvalue weighted by atomic mass is 32.1. The molecule has 1 aromatic heterocycles. The number of thiocarbonyl (C=S) groups is 1. The summed E-state index contributed by atoms with van der Waals surface area (Å²) in [7, 11) is 1.60. The molecule has 0 radical (unpaired) electrons. The topological polar surface area (TPSA) is 54.7 Å². The minimum absolute atomic E-state index is 0.177. The van der Waals surface area contributed by atoms with Gasteiger partial charge in [-0.3, -0.25) is 9.69 Å². The van der Waals surface area contributed by atoms with Crippen LogP contribution in [-0.4, -0.2) is 23.0 Å². The number of amides is 1. The van der Waals surface area contributed by atoms with E-state index in [1.54, 1.807) is 31.6 Å². The molecule has 1 aliphatic rings. The first kappa shape index (κ1) is 14.3. The molecule has 5 nitrogen and oxygen atoms in total. The number of hydrogen-bond acceptors (Lipinski definition) is 4. The van der Waals surface area contributed by atoms with Crippen LogP contribution >= 0.6 is 12.2 Å². The third-order valence-electron chi connectivity index (χ3n) is 3.26. The first-order valence-electron chi connectivity index (χ1n) is 6.68. The lowest BCUT2D eigenvalue weighted by Gasteiger charge is -2.11. The van der Waals surface area contributed by atoms with E-state index >= 15 is 0 Å². The number of nitrogens with one attached hydrogen (secondary N) is 1. The van der Waals surface area contributed by atoms with Crippen molar-refractivity contribution in [3.8, 4) is 5.75 Å². The molecule has 0 atom stereocenters. The number of hydrogen-bond donors (Lipinski definition) is 1. The Balaban J connectivity index is 1.82. The number of carbonyl (C=O) groups is 1. The summed E-state index contributed by atoms with van der Waals surface area (Å²) in [5, 5.41) is 3.31. The van der Waals surface area contributed by atoms with Crippen LogP contribution in [0.4, 0.5) is 0 Å². The summed E-state index contributed by atoms with van der Waals surface area (Å²) in [6, 6.07) is 11.0. The Bertz CT molecular complexity index is 738. The molecule has 0 aliphatic carbocycles. The zero-order valence-corrected chi connectivity index (χ0v) is 12.7. The summed E-state index contributed by atoms with van der Waals surface area (Å²) in [5.74, 6) is 1.24. The van der Waals surface area contributed by atoms with E-state index in [0.29, 0.717) is 23.1 Å². The van der Waals surface area contributed by atoms with E-state index in [1.807, 2.05) is 24.3 Å². The Morgan fingerprint density at radius 3 is 2.95 bits per heavy atom. The van der Waals surface area contributed by atoms with Gasteiger partial charge in [-0.05, 0) is 48.1 Å². The average molecular weight is 314 g/mol. The standard InChI is InChI=1S/C16H14N2O3S/c1-20-12-5-2-4-11(8-12)9-14-15(19)18(16(22)17-14)10-13-6-3-7-21-13/h2-9H,10H2,1H3,(H,17,22)/b14-9-. The second kappa shape index (κ2) is 6.03. The van der Waals surface area contributed by atoms with Gasteiger partial charge in [0.2, 0.25) is 0 Å². The van der Waals surface area contributed by atoms with E-state index in [4.69, 9.17) is 21.4 Å². The molecule has 1 amide bonds. The zero-order valence-electron chi connectivity index (χ0n) is 11.9. The molecule has 1 aliphatic heterocycles. The van der Waals surface area contributed by atoms with Gasteiger partial charge < -0.3 is 14.5 Å². The van der Waals surface area contributed by atoms with Gasteiger partial charge in [0.25, 0.3) is 5.91 Å². The van der Waals surface area contributed by atoms with Crippen LogP contribution in [0, 0.1) is 0 Å². The summed E-state index contributed by atoms with van der Waals surface area (Å²) >= 11 is 5.22. The molecule has 1 saturated heterocycles. The summed E-state index contributed by atoms with van der Waals surface area (Å²) in [5.41, 5.74) is 1.29. The summed E-state index contributed by atoms with van der Waals surface area (Å²) in [6.45, 7) is 0.313. The maximum absolute atomic E-state index is 12.4. The number of carbonyl (C=O) groups excluding carboxylic acids is 1. The van der Waals surface area contributed by atoms with Crippen LogP contribution in [0.3, 0.4) is 0 Å². The van der Waals surface area contributed by atoms with E-state index in [1.165, 1.54) is 4.90 Å². The van der Waals surface area contributed by atoms with E-state index in [2.05, 4.69) is 5.32 Å². The number of furan rings is 1. The SMILES string of the molecule is COc1cccc(/C=C2\NC(=S)N(Cc3ccco3)C2=O)c1. The number of nitrogens with zero attached hydrogens (tertiary/aromatic N) is 1. The molecule has 2 aromatic rings. The molecular weight excluding hydrogens is 300 g/mol. The fraction of sp³-hybridized carbons (Fsp3) is 0.125. The van der Waals surface area contributed by atoms with Crippen molar-refractivity contribution in [1.29, 1.82) is 0 Å². The number of rotatable bonds is 4. The van der Waals surface area contributed by atoms with E-state index in [0.717, 1.165) is 11.3 Å². The van der Waals surface area contributed by atoms with Crippen LogP contribution in [0.5, 0.6) is 5.75 Å². The van der Waals surface area contributed by atoms with Crippen molar-refractivity contribution in [3.05, 3.63) is 59.7 Å². The van der Waals surface area contributed by atoms with E-state index in [9.17, 15) is 4.79 Å². The van der Waals surface area contributed by atoms with Crippen molar-refractivity contribution in [2.45, 2.75) is 6.54 Å². The van der Waals surface area contributed by atoms with Gasteiger partial charge >= 0.3 is 0 Å². The highest BCUT2D eigenvalue weighted by Crippen LogP contribution is 2.19. The second-order valence-electron chi connectivity index (χ2n) is 4.74. The molecule has 3 rings (SSSR count). The van der Waals surface area contributed by atoms with Crippen LogP contribution in [0.2, 0.25) is 0 Å². The van der Waals surface area contributed by atoms with Crippen LogP contribution in [0.15, 0.2) is 52.8 Å². The number of ether oxygens (including phenoxy) is 1. The van der Waals surface area contributed by atoms with Gasteiger partial charge in [-0.2, -0.15) is 0 Å². The van der Waals surface area contributed by atoms with Crippen LogP contribution in [0.25, 0.3) is 6.08 Å². The Hall–Kier alpha value is -2.60. The lowest BCUT2D eigenvalue weighted by atomic mass is 10.2. The first-order chi connectivity index (χ1) is 10.7.